The molecule has 0 saturated heterocycles. The Bertz CT molecular complexity index is 927. The van der Waals surface area contributed by atoms with Crippen LogP contribution in [0.15, 0.2) is 84.9 Å². The lowest BCUT2D eigenvalue weighted by atomic mass is 10.2. The Balaban J connectivity index is 1.61. The topological polar surface area (TPSA) is 61.4 Å². The molecule has 5 heteroatoms. The molecular formula is C23H23N3O2. The number of hydrogen-bond donors (Lipinski definition) is 2. The van der Waals surface area contributed by atoms with E-state index in [1.807, 2.05) is 79.7 Å². The number of likely N-dealkylation sites (N-methyl/N-ethyl adjacent to an activating group) is 1. The molecular weight excluding hydrogens is 350 g/mol. The lowest BCUT2D eigenvalue weighted by molar-refractivity contribution is -0.116. The molecule has 3 rings (SSSR count). The summed E-state index contributed by atoms with van der Waals surface area (Å²) in [6, 6.07) is 26.0. The van der Waals surface area contributed by atoms with Crippen LogP contribution < -0.4 is 15.5 Å². The second-order valence-corrected chi connectivity index (χ2v) is 6.23. The molecule has 0 bridgehead atoms. The fourth-order valence-electron chi connectivity index (χ4n) is 2.88. The Morgan fingerprint density at radius 1 is 0.821 bits per heavy atom. The number of anilines is 3. The van der Waals surface area contributed by atoms with Gasteiger partial charge in [-0.15, -0.1) is 0 Å². The maximum Gasteiger partial charge on any atom is 0.255 e. The largest absolute Gasteiger partial charge is 0.376 e. The molecule has 0 saturated carbocycles. The van der Waals surface area contributed by atoms with Crippen molar-refractivity contribution in [2.24, 2.45) is 0 Å². The van der Waals surface area contributed by atoms with E-state index in [0.717, 1.165) is 11.4 Å². The van der Waals surface area contributed by atoms with Crippen LogP contribution in [0.5, 0.6) is 0 Å². The summed E-state index contributed by atoms with van der Waals surface area (Å²) in [5, 5.41) is 6.01. The van der Waals surface area contributed by atoms with Crippen molar-refractivity contribution in [3.05, 3.63) is 90.5 Å². The highest BCUT2D eigenvalue weighted by molar-refractivity contribution is 6.04. The highest BCUT2D eigenvalue weighted by Crippen LogP contribution is 2.17. The molecule has 0 aromatic heterocycles. The number of benzene rings is 3. The van der Waals surface area contributed by atoms with Gasteiger partial charge in [-0.2, -0.15) is 0 Å². The van der Waals surface area contributed by atoms with E-state index in [-0.39, 0.29) is 18.4 Å². The Labute approximate surface area is 165 Å². The zero-order chi connectivity index (χ0) is 19.8. The Morgan fingerprint density at radius 2 is 1.46 bits per heavy atom. The van der Waals surface area contributed by atoms with Crippen molar-refractivity contribution in [1.82, 2.24) is 0 Å². The third-order valence-corrected chi connectivity index (χ3v) is 4.29. The molecule has 0 atom stereocenters. The summed E-state index contributed by atoms with van der Waals surface area (Å²) < 4.78 is 0. The van der Waals surface area contributed by atoms with E-state index in [2.05, 4.69) is 10.6 Å². The number of carbonyl (C=O) groups is 2. The first kappa shape index (κ1) is 19.2. The number of nitrogens with zero attached hydrogens (tertiary/aromatic N) is 1. The maximum absolute atomic E-state index is 12.6. The minimum Gasteiger partial charge on any atom is -0.376 e. The highest BCUT2D eigenvalue weighted by atomic mass is 16.2. The summed E-state index contributed by atoms with van der Waals surface area (Å²) >= 11 is 0. The highest BCUT2D eigenvalue weighted by Gasteiger charge is 2.13. The lowest BCUT2D eigenvalue weighted by Gasteiger charge is -2.21. The van der Waals surface area contributed by atoms with E-state index in [4.69, 9.17) is 0 Å². The Morgan fingerprint density at radius 3 is 2.14 bits per heavy atom. The Kier molecular flexibility index (Phi) is 6.41. The van der Waals surface area contributed by atoms with Gasteiger partial charge in [0, 0.05) is 29.2 Å². The van der Waals surface area contributed by atoms with Gasteiger partial charge in [0.15, 0.2) is 0 Å². The van der Waals surface area contributed by atoms with Crippen LogP contribution in [0.4, 0.5) is 17.1 Å². The standard InChI is InChI=1S/C23H23N3O2/c1-2-26(21-14-7-4-8-15-21)22(27)17-24-19-12-9-13-20(16-19)25-23(28)18-10-5-3-6-11-18/h3-16,24H,2,17H2,1H3,(H,25,28). The van der Waals surface area contributed by atoms with Gasteiger partial charge in [-0.05, 0) is 49.4 Å². The average molecular weight is 373 g/mol. The molecule has 0 aliphatic carbocycles. The smallest absolute Gasteiger partial charge is 0.255 e. The van der Waals surface area contributed by atoms with Crippen LogP contribution in [-0.2, 0) is 4.79 Å². The van der Waals surface area contributed by atoms with Gasteiger partial charge in [0.05, 0.1) is 6.54 Å². The van der Waals surface area contributed by atoms with Crippen LogP contribution in [-0.4, -0.2) is 24.9 Å². The zero-order valence-electron chi connectivity index (χ0n) is 15.8. The third-order valence-electron chi connectivity index (χ3n) is 4.29. The van der Waals surface area contributed by atoms with Gasteiger partial charge in [0.2, 0.25) is 5.91 Å². The monoisotopic (exact) mass is 373 g/mol. The van der Waals surface area contributed by atoms with E-state index in [1.165, 1.54) is 0 Å². The number of carbonyl (C=O) groups excluding carboxylic acids is 2. The molecule has 0 aliphatic rings. The van der Waals surface area contributed by atoms with Crippen molar-refractivity contribution in [1.29, 1.82) is 0 Å². The van der Waals surface area contributed by atoms with Gasteiger partial charge < -0.3 is 15.5 Å². The summed E-state index contributed by atoms with van der Waals surface area (Å²) in [7, 11) is 0. The van der Waals surface area contributed by atoms with Crippen molar-refractivity contribution < 1.29 is 9.59 Å². The molecule has 0 heterocycles. The fraction of sp³-hybridized carbons (Fsp3) is 0.130. The first-order valence-corrected chi connectivity index (χ1v) is 9.23. The molecule has 0 spiro atoms. The van der Waals surface area contributed by atoms with Crippen LogP contribution in [0.2, 0.25) is 0 Å². The third kappa shape index (κ3) is 4.98. The molecule has 0 unspecified atom stereocenters. The predicted octanol–water partition coefficient (Wildman–Crippen LogP) is 4.40. The number of amides is 2. The molecule has 2 amide bonds. The van der Waals surface area contributed by atoms with Gasteiger partial charge in [0.25, 0.3) is 5.91 Å². The van der Waals surface area contributed by atoms with Crippen molar-refractivity contribution in [3.8, 4) is 0 Å². The van der Waals surface area contributed by atoms with E-state index in [9.17, 15) is 9.59 Å². The molecule has 142 valence electrons. The minimum absolute atomic E-state index is 0.0209. The average Bonchev–Trinajstić information content (AvgIpc) is 2.74. The zero-order valence-corrected chi connectivity index (χ0v) is 15.8. The van der Waals surface area contributed by atoms with Crippen molar-refractivity contribution in [2.45, 2.75) is 6.92 Å². The summed E-state index contributed by atoms with van der Waals surface area (Å²) in [5.74, 6) is -0.192. The molecule has 2 N–H and O–H groups in total. The molecule has 0 fully saturated rings. The number of rotatable bonds is 7. The molecule has 0 aliphatic heterocycles. The summed E-state index contributed by atoms with van der Waals surface area (Å²) in [6.45, 7) is 2.71. The molecule has 0 radical (unpaired) electrons. The maximum atomic E-state index is 12.6. The molecule has 3 aromatic carbocycles. The van der Waals surface area contributed by atoms with Gasteiger partial charge >= 0.3 is 0 Å². The lowest BCUT2D eigenvalue weighted by Crippen LogP contribution is -2.35. The summed E-state index contributed by atoms with van der Waals surface area (Å²) in [6.07, 6.45) is 0. The van der Waals surface area contributed by atoms with E-state index in [0.29, 0.717) is 17.8 Å². The number of para-hydroxylation sites is 1. The van der Waals surface area contributed by atoms with Crippen LogP contribution in [0.1, 0.15) is 17.3 Å². The number of nitrogens with one attached hydrogen (secondary N) is 2. The second kappa shape index (κ2) is 9.37. The molecule has 28 heavy (non-hydrogen) atoms. The van der Waals surface area contributed by atoms with Crippen LogP contribution in [0, 0.1) is 0 Å². The number of hydrogen-bond acceptors (Lipinski definition) is 3. The van der Waals surface area contributed by atoms with Crippen LogP contribution in [0.25, 0.3) is 0 Å². The Hall–Kier alpha value is -3.60. The van der Waals surface area contributed by atoms with Gasteiger partial charge in [-0.3, -0.25) is 9.59 Å². The van der Waals surface area contributed by atoms with E-state index < -0.39 is 0 Å². The molecule has 5 nitrogen and oxygen atoms in total. The molecule has 3 aromatic rings. The van der Waals surface area contributed by atoms with E-state index in [1.54, 1.807) is 17.0 Å². The predicted molar refractivity (Wildman–Crippen MR) is 114 cm³/mol. The second-order valence-electron chi connectivity index (χ2n) is 6.23. The minimum atomic E-state index is -0.171. The normalized spacial score (nSPS) is 10.2. The van der Waals surface area contributed by atoms with Gasteiger partial charge in [-0.1, -0.05) is 42.5 Å². The van der Waals surface area contributed by atoms with Crippen LogP contribution >= 0.6 is 0 Å². The summed E-state index contributed by atoms with van der Waals surface area (Å²) in [5.41, 5.74) is 2.91. The first-order valence-electron chi connectivity index (χ1n) is 9.23. The quantitative estimate of drug-likeness (QED) is 0.645. The SMILES string of the molecule is CCN(C(=O)CNc1cccc(NC(=O)c2ccccc2)c1)c1ccccc1. The summed E-state index contributed by atoms with van der Waals surface area (Å²) in [4.78, 5) is 26.6. The van der Waals surface area contributed by atoms with E-state index >= 15 is 0 Å². The van der Waals surface area contributed by atoms with Gasteiger partial charge in [0.1, 0.15) is 0 Å². The van der Waals surface area contributed by atoms with Crippen molar-refractivity contribution in [2.75, 3.05) is 28.6 Å². The van der Waals surface area contributed by atoms with Gasteiger partial charge in [-0.25, -0.2) is 0 Å². The van der Waals surface area contributed by atoms with Crippen molar-refractivity contribution in [3.63, 3.8) is 0 Å². The fourth-order valence-corrected chi connectivity index (χ4v) is 2.88. The van der Waals surface area contributed by atoms with Crippen LogP contribution in [0.3, 0.4) is 0 Å². The van der Waals surface area contributed by atoms with Crippen molar-refractivity contribution >= 4 is 28.9 Å². The first-order chi connectivity index (χ1) is 13.7.